The van der Waals surface area contributed by atoms with Crippen LogP contribution in [0.25, 0.3) is 11.1 Å². The van der Waals surface area contributed by atoms with E-state index in [9.17, 15) is 17.6 Å². The lowest BCUT2D eigenvalue weighted by Crippen LogP contribution is -2.63. The Hall–Kier alpha value is -3.64. The molecule has 1 spiro atoms. The summed E-state index contributed by atoms with van der Waals surface area (Å²) >= 11 is 0. The Balaban J connectivity index is 1.55. The molecule has 0 saturated carbocycles. The molecule has 3 aromatic rings. The Morgan fingerprint density at radius 2 is 1.77 bits per heavy atom. The second kappa shape index (κ2) is 12.5. The smallest absolute Gasteiger partial charge is 0.350 e. The molecule has 2 atom stereocenters. The quantitative estimate of drug-likeness (QED) is 0.346. The summed E-state index contributed by atoms with van der Waals surface area (Å²) in [5.74, 6) is -0.00490. The molecule has 43 heavy (non-hydrogen) atoms. The molecular weight excluding hydrogens is 571 g/mol. The molecule has 1 saturated heterocycles. The Morgan fingerprint density at radius 3 is 2.40 bits per heavy atom. The normalized spacial score (nSPS) is 21.1. The van der Waals surface area contributed by atoms with Crippen molar-refractivity contribution in [1.29, 1.82) is 0 Å². The van der Waals surface area contributed by atoms with Crippen LogP contribution in [0, 0.1) is 5.82 Å². The van der Waals surface area contributed by atoms with E-state index in [1.165, 1.54) is 44.0 Å². The lowest BCUT2D eigenvalue weighted by molar-refractivity contribution is -0.0967. The van der Waals surface area contributed by atoms with Gasteiger partial charge in [-0.2, -0.15) is 4.99 Å². The van der Waals surface area contributed by atoms with E-state index in [4.69, 9.17) is 9.47 Å². The number of anilines is 1. The predicted octanol–water partition coefficient (Wildman–Crippen LogP) is 4.87. The lowest BCUT2D eigenvalue weighted by atomic mass is 9.80. The minimum atomic E-state index is -3.40. The van der Waals surface area contributed by atoms with Gasteiger partial charge in [0.1, 0.15) is 17.2 Å². The van der Waals surface area contributed by atoms with Gasteiger partial charge in [-0.1, -0.05) is 42.5 Å². The minimum absolute atomic E-state index is 0.0565. The first-order valence-corrected chi connectivity index (χ1v) is 16.1. The van der Waals surface area contributed by atoms with Crippen LogP contribution in [0.3, 0.4) is 0 Å². The number of halogens is 1. The molecule has 9 nitrogen and oxygen atoms in total. The van der Waals surface area contributed by atoms with E-state index in [2.05, 4.69) is 34.3 Å². The average Bonchev–Trinajstić information content (AvgIpc) is 3.24. The van der Waals surface area contributed by atoms with Crippen molar-refractivity contribution in [2.75, 3.05) is 38.5 Å². The van der Waals surface area contributed by atoms with Gasteiger partial charge in [0.05, 0.1) is 17.1 Å². The number of nitrogens with one attached hydrogen (secondary N) is 1. The molecule has 0 aliphatic carbocycles. The second-order valence-corrected chi connectivity index (χ2v) is 13.1. The van der Waals surface area contributed by atoms with E-state index in [1.807, 2.05) is 18.2 Å². The number of methoxy groups -OCH3 is 2. The summed E-state index contributed by atoms with van der Waals surface area (Å²) in [6, 6.07) is 20.5. The van der Waals surface area contributed by atoms with Crippen LogP contribution in [0.5, 0.6) is 0 Å². The van der Waals surface area contributed by atoms with Gasteiger partial charge in [-0.25, -0.2) is 17.6 Å². The van der Waals surface area contributed by atoms with Crippen LogP contribution in [-0.4, -0.2) is 76.6 Å². The van der Waals surface area contributed by atoms with Crippen molar-refractivity contribution in [2.45, 2.75) is 49.1 Å². The number of hydrogen-bond donors (Lipinski definition) is 1. The third-order valence-corrected chi connectivity index (χ3v) is 9.45. The Kier molecular flexibility index (Phi) is 8.98. The maximum absolute atomic E-state index is 14.9. The number of amides is 2. The predicted molar refractivity (Wildman–Crippen MR) is 164 cm³/mol. The standard InChI is InChI=1S/C32H37FN4O5S/c1-22-19-32(16-17-36(22)21-23-8-6-5-7-9-23)30(34-20-29(41-2)42-3)35-31(38)37(32)28-18-25(33)12-15-27(28)24-10-13-26(14-11-24)43(4,39)40/h5-15,18,22,29H,16-17,19-21H2,1-4H3,(H,34,35,38). The van der Waals surface area contributed by atoms with E-state index >= 15 is 0 Å². The van der Waals surface area contributed by atoms with Crippen LogP contribution in [0.15, 0.2) is 82.7 Å². The van der Waals surface area contributed by atoms with Crippen LogP contribution in [-0.2, 0) is 25.9 Å². The summed E-state index contributed by atoms with van der Waals surface area (Å²) in [5.41, 5.74) is 1.93. The number of urea groups is 1. The third kappa shape index (κ3) is 6.35. The molecule has 2 heterocycles. The summed E-state index contributed by atoms with van der Waals surface area (Å²) in [6.45, 7) is 3.83. The summed E-state index contributed by atoms with van der Waals surface area (Å²) in [6.07, 6.45) is 1.69. The van der Waals surface area contributed by atoms with Gasteiger partial charge in [-0.15, -0.1) is 0 Å². The van der Waals surface area contributed by atoms with Gasteiger partial charge in [-0.3, -0.25) is 9.80 Å². The molecule has 2 aliphatic heterocycles. The number of piperidine rings is 1. The highest BCUT2D eigenvalue weighted by molar-refractivity contribution is 7.90. The number of carbonyl (C=O) groups excluding carboxylic acids is 1. The van der Waals surface area contributed by atoms with Crippen LogP contribution < -0.4 is 10.2 Å². The maximum atomic E-state index is 14.9. The summed E-state index contributed by atoms with van der Waals surface area (Å²) in [5, 5.41) is 3.32. The number of carbonyl (C=O) groups is 1. The van der Waals surface area contributed by atoms with E-state index in [-0.39, 0.29) is 17.5 Å². The van der Waals surface area contributed by atoms with E-state index in [0.717, 1.165) is 12.8 Å². The number of amidine groups is 1. The third-order valence-electron chi connectivity index (χ3n) is 8.32. The number of ether oxygens (including phenoxy) is 2. The number of benzene rings is 3. The highest BCUT2D eigenvalue weighted by atomic mass is 32.2. The zero-order valence-electron chi connectivity index (χ0n) is 24.8. The van der Waals surface area contributed by atoms with Crippen molar-refractivity contribution in [3.63, 3.8) is 0 Å². The van der Waals surface area contributed by atoms with Crippen molar-refractivity contribution in [3.8, 4) is 11.1 Å². The molecule has 1 fully saturated rings. The van der Waals surface area contributed by atoms with Gasteiger partial charge in [-0.05, 0) is 61.2 Å². The first-order valence-electron chi connectivity index (χ1n) is 14.2. The van der Waals surface area contributed by atoms with Crippen molar-refractivity contribution in [1.82, 2.24) is 10.2 Å². The molecule has 2 unspecified atom stereocenters. The fourth-order valence-corrected chi connectivity index (χ4v) is 6.71. The highest BCUT2D eigenvalue weighted by Crippen LogP contribution is 2.44. The van der Waals surface area contributed by atoms with Crippen LogP contribution in [0.2, 0.25) is 0 Å². The second-order valence-electron chi connectivity index (χ2n) is 11.1. The fraction of sp³-hybridized carbons (Fsp3) is 0.375. The summed E-state index contributed by atoms with van der Waals surface area (Å²) in [4.78, 5) is 22.5. The molecule has 0 bridgehead atoms. The van der Waals surface area contributed by atoms with Gasteiger partial charge in [0.2, 0.25) is 0 Å². The molecule has 3 aromatic carbocycles. The maximum Gasteiger partial charge on any atom is 0.350 e. The van der Waals surface area contributed by atoms with Gasteiger partial charge < -0.3 is 14.8 Å². The van der Waals surface area contributed by atoms with Gasteiger partial charge >= 0.3 is 6.03 Å². The van der Waals surface area contributed by atoms with E-state index in [0.29, 0.717) is 42.0 Å². The van der Waals surface area contributed by atoms with Crippen molar-refractivity contribution in [2.24, 2.45) is 4.99 Å². The minimum Gasteiger partial charge on any atom is -0.366 e. The van der Waals surface area contributed by atoms with E-state index < -0.39 is 33.5 Å². The van der Waals surface area contributed by atoms with E-state index in [1.54, 1.807) is 23.1 Å². The number of rotatable bonds is 9. The first kappa shape index (κ1) is 30.8. The molecule has 11 heteroatoms. The first-order chi connectivity index (χ1) is 20.6. The zero-order valence-corrected chi connectivity index (χ0v) is 25.6. The molecule has 0 radical (unpaired) electrons. The van der Waals surface area contributed by atoms with Crippen molar-refractivity contribution >= 4 is 27.4 Å². The Morgan fingerprint density at radius 1 is 1.07 bits per heavy atom. The number of hydrogen-bond acceptors (Lipinski definition) is 7. The van der Waals surface area contributed by atoms with Crippen molar-refractivity contribution in [3.05, 3.63) is 84.2 Å². The average molecular weight is 609 g/mol. The fourth-order valence-electron chi connectivity index (χ4n) is 6.07. The molecular formula is C32H37FN4O5S. The van der Waals surface area contributed by atoms with Gasteiger partial charge in [0.25, 0.3) is 0 Å². The number of sulfone groups is 1. The van der Waals surface area contributed by atoms with Crippen LogP contribution in [0.1, 0.15) is 25.3 Å². The summed E-state index contributed by atoms with van der Waals surface area (Å²) in [7, 11) is -0.322. The highest BCUT2D eigenvalue weighted by Gasteiger charge is 2.54. The van der Waals surface area contributed by atoms with Crippen LogP contribution >= 0.6 is 0 Å². The molecule has 2 aliphatic rings. The summed E-state index contributed by atoms with van der Waals surface area (Å²) < 4.78 is 49.8. The topological polar surface area (TPSA) is 101 Å². The SMILES string of the molecule is COC(CNC1=NC(=O)N(c2cc(F)ccc2-c2ccc(S(C)(=O)=O)cc2)C12CCN(Cc1ccccc1)C(C)C2)OC. The molecule has 2 amide bonds. The van der Waals surface area contributed by atoms with Gasteiger partial charge in [0.15, 0.2) is 16.1 Å². The Labute approximate surface area is 252 Å². The number of likely N-dealkylation sites (tertiary alicyclic amines) is 1. The Bertz CT molecular complexity index is 1600. The van der Waals surface area contributed by atoms with Crippen LogP contribution in [0.4, 0.5) is 14.9 Å². The zero-order chi connectivity index (χ0) is 30.8. The monoisotopic (exact) mass is 608 g/mol. The molecule has 1 N–H and O–H groups in total. The number of nitrogens with zero attached hydrogens (tertiary/aromatic N) is 3. The van der Waals surface area contributed by atoms with Crippen molar-refractivity contribution < 1.29 is 27.1 Å². The number of aliphatic imine (C=N–C) groups is 1. The molecule has 0 aromatic heterocycles. The lowest BCUT2D eigenvalue weighted by Gasteiger charge is -2.48. The molecule has 5 rings (SSSR count). The van der Waals surface area contributed by atoms with Gasteiger partial charge in [0, 0.05) is 45.2 Å². The largest absolute Gasteiger partial charge is 0.366 e. The molecule has 228 valence electrons.